The SMILES string of the molecule is Clc1ccc(OC(Cn2ccnn2)c2ccc(Cl)cc2Cl)cc1. The summed E-state index contributed by atoms with van der Waals surface area (Å²) < 4.78 is 7.76. The summed E-state index contributed by atoms with van der Waals surface area (Å²) in [7, 11) is 0. The van der Waals surface area contributed by atoms with E-state index >= 15 is 0 Å². The van der Waals surface area contributed by atoms with Gasteiger partial charge in [0.25, 0.3) is 0 Å². The van der Waals surface area contributed by atoms with Gasteiger partial charge in [-0.1, -0.05) is 46.1 Å². The van der Waals surface area contributed by atoms with Gasteiger partial charge in [-0.05, 0) is 36.4 Å². The first-order chi connectivity index (χ1) is 11.1. The summed E-state index contributed by atoms with van der Waals surface area (Å²) in [5.41, 5.74) is 0.821. The molecule has 0 fully saturated rings. The van der Waals surface area contributed by atoms with E-state index in [1.165, 1.54) is 0 Å². The fraction of sp³-hybridized carbons (Fsp3) is 0.125. The molecule has 1 atom stereocenters. The second-order valence-corrected chi connectivity index (χ2v) is 6.13. The summed E-state index contributed by atoms with van der Waals surface area (Å²) >= 11 is 18.2. The molecule has 23 heavy (non-hydrogen) atoms. The molecular formula is C16H12Cl3N3O. The summed E-state index contributed by atoms with van der Waals surface area (Å²) in [4.78, 5) is 0. The molecule has 0 amide bonds. The second kappa shape index (κ2) is 7.21. The van der Waals surface area contributed by atoms with Crippen molar-refractivity contribution < 1.29 is 4.74 Å². The average Bonchev–Trinajstić information content (AvgIpc) is 3.02. The van der Waals surface area contributed by atoms with Gasteiger partial charge in [0.2, 0.25) is 0 Å². The van der Waals surface area contributed by atoms with Gasteiger partial charge in [0.1, 0.15) is 11.9 Å². The fourth-order valence-corrected chi connectivity index (χ4v) is 2.80. The van der Waals surface area contributed by atoms with Crippen LogP contribution >= 0.6 is 34.8 Å². The Balaban J connectivity index is 1.90. The van der Waals surface area contributed by atoms with E-state index in [2.05, 4.69) is 10.3 Å². The normalized spacial score (nSPS) is 12.1. The third-order valence-corrected chi connectivity index (χ3v) is 4.04. The highest BCUT2D eigenvalue weighted by Gasteiger charge is 2.18. The molecule has 0 aliphatic heterocycles. The smallest absolute Gasteiger partial charge is 0.145 e. The van der Waals surface area contributed by atoms with Crippen LogP contribution in [0.3, 0.4) is 0 Å². The van der Waals surface area contributed by atoms with E-state index in [9.17, 15) is 0 Å². The minimum Gasteiger partial charge on any atom is -0.484 e. The highest BCUT2D eigenvalue weighted by molar-refractivity contribution is 6.35. The van der Waals surface area contributed by atoms with Crippen molar-refractivity contribution in [2.24, 2.45) is 0 Å². The molecule has 7 heteroatoms. The highest BCUT2D eigenvalue weighted by atomic mass is 35.5. The topological polar surface area (TPSA) is 39.9 Å². The first-order valence-corrected chi connectivity index (χ1v) is 7.96. The van der Waals surface area contributed by atoms with Crippen molar-refractivity contribution in [1.82, 2.24) is 15.0 Å². The Morgan fingerprint density at radius 3 is 2.39 bits per heavy atom. The van der Waals surface area contributed by atoms with Crippen molar-refractivity contribution in [3.05, 3.63) is 75.5 Å². The molecule has 0 saturated heterocycles. The van der Waals surface area contributed by atoms with Crippen molar-refractivity contribution in [3.8, 4) is 5.75 Å². The Bertz CT molecular complexity index is 776. The van der Waals surface area contributed by atoms with Crippen molar-refractivity contribution in [2.75, 3.05) is 0 Å². The van der Waals surface area contributed by atoms with Gasteiger partial charge in [0, 0.05) is 26.8 Å². The minimum atomic E-state index is -0.345. The lowest BCUT2D eigenvalue weighted by Crippen LogP contribution is -2.16. The Kier molecular flexibility index (Phi) is 5.06. The molecule has 3 rings (SSSR count). The Hall–Kier alpha value is -1.75. The van der Waals surface area contributed by atoms with Crippen LogP contribution in [0.25, 0.3) is 0 Å². The lowest BCUT2D eigenvalue weighted by atomic mass is 10.1. The zero-order chi connectivity index (χ0) is 16.2. The van der Waals surface area contributed by atoms with Crippen LogP contribution < -0.4 is 4.74 Å². The Morgan fingerprint density at radius 1 is 1.00 bits per heavy atom. The van der Waals surface area contributed by atoms with Gasteiger partial charge in [-0.15, -0.1) is 5.10 Å². The second-order valence-electron chi connectivity index (χ2n) is 4.85. The van der Waals surface area contributed by atoms with Crippen LogP contribution in [0.5, 0.6) is 5.75 Å². The van der Waals surface area contributed by atoms with E-state index in [0.717, 1.165) is 5.56 Å². The van der Waals surface area contributed by atoms with Gasteiger partial charge in [0.15, 0.2) is 0 Å². The molecule has 1 unspecified atom stereocenters. The van der Waals surface area contributed by atoms with Crippen LogP contribution in [0, 0.1) is 0 Å². The third-order valence-electron chi connectivity index (χ3n) is 3.23. The van der Waals surface area contributed by atoms with Crippen LogP contribution in [0.1, 0.15) is 11.7 Å². The lowest BCUT2D eigenvalue weighted by Gasteiger charge is -2.20. The molecular weight excluding hydrogens is 357 g/mol. The van der Waals surface area contributed by atoms with Gasteiger partial charge < -0.3 is 4.74 Å². The molecule has 1 heterocycles. The number of benzene rings is 2. The minimum absolute atomic E-state index is 0.345. The largest absolute Gasteiger partial charge is 0.484 e. The van der Waals surface area contributed by atoms with E-state index in [-0.39, 0.29) is 6.10 Å². The molecule has 118 valence electrons. The summed E-state index contributed by atoms with van der Waals surface area (Å²) in [5, 5.41) is 9.55. The van der Waals surface area contributed by atoms with E-state index in [0.29, 0.717) is 27.4 Å². The molecule has 0 saturated carbocycles. The molecule has 0 N–H and O–H groups in total. The Morgan fingerprint density at radius 2 is 1.74 bits per heavy atom. The quantitative estimate of drug-likeness (QED) is 0.632. The van der Waals surface area contributed by atoms with Crippen LogP contribution in [0.4, 0.5) is 0 Å². The molecule has 0 bridgehead atoms. The molecule has 1 aromatic heterocycles. The molecule has 3 aromatic rings. The van der Waals surface area contributed by atoms with Gasteiger partial charge in [0.05, 0.1) is 12.7 Å². The number of rotatable bonds is 5. The summed E-state index contributed by atoms with van der Waals surface area (Å²) in [6.07, 6.45) is 3.04. The molecule has 4 nitrogen and oxygen atoms in total. The van der Waals surface area contributed by atoms with E-state index in [1.807, 2.05) is 6.07 Å². The maximum absolute atomic E-state index is 6.33. The maximum atomic E-state index is 6.33. The lowest BCUT2D eigenvalue weighted by molar-refractivity contribution is 0.177. The van der Waals surface area contributed by atoms with Crippen molar-refractivity contribution in [2.45, 2.75) is 12.6 Å². The molecule has 0 spiro atoms. The first kappa shape index (κ1) is 16.1. The summed E-state index contributed by atoms with van der Waals surface area (Å²) in [5.74, 6) is 0.686. The van der Waals surface area contributed by atoms with Crippen molar-refractivity contribution in [1.29, 1.82) is 0 Å². The number of ether oxygens (including phenoxy) is 1. The number of aromatic nitrogens is 3. The van der Waals surface area contributed by atoms with E-state index < -0.39 is 0 Å². The van der Waals surface area contributed by atoms with Crippen LogP contribution in [-0.4, -0.2) is 15.0 Å². The average molecular weight is 369 g/mol. The third kappa shape index (κ3) is 4.16. The highest BCUT2D eigenvalue weighted by Crippen LogP contribution is 2.31. The zero-order valence-corrected chi connectivity index (χ0v) is 14.1. The van der Waals surface area contributed by atoms with Gasteiger partial charge in [-0.25, -0.2) is 4.68 Å². The number of hydrogen-bond acceptors (Lipinski definition) is 3. The monoisotopic (exact) mass is 367 g/mol. The van der Waals surface area contributed by atoms with Gasteiger partial charge in [-0.2, -0.15) is 0 Å². The fourth-order valence-electron chi connectivity index (χ4n) is 2.14. The predicted molar refractivity (Wildman–Crippen MR) is 91.3 cm³/mol. The van der Waals surface area contributed by atoms with Crippen molar-refractivity contribution in [3.63, 3.8) is 0 Å². The summed E-state index contributed by atoms with van der Waals surface area (Å²) in [6, 6.07) is 12.5. The predicted octanol–water partition coefficient (Wildman–Crippen LogP) is 5.06. The standard InChI is InChI=1S/C16H12Cl3N3O/c17-11-1-4-13(5-2-11)23-16(10-22-8-7-20-21-22)14-6-3-12(18)9-15(14)19/h1-9,16H,10H2. The maximum Gasteiger partial charge on any atom is 0.145 e. The number of hydrogen-bond donors (Lipinski definition) is 0. The molecule has 2 aromatic carbocycles. The number of halogens is 3. The van der Waals surface area contributed by atoms with E-state index in [1.54, 1.807) is 53.5 Å². The molecule has 0 radical (unpaired) electrons. The Labute approximate surface area is 148 Å². The zero-order valence-electron chi connectivity index (χ0n) is 11.9. The van der Waals surface area contributed by atoms with Gasteiger partial charge >= 0.3 is 0 Å². The van der Waals surface area contributed by atoms with E-state index in [4.69, 9.17) is 39.5 Å². The summed E-state index contributed by atoms with van der Waals surface area (Å²) in [6.45, 7) is 0.462. The molecule has 0 aliphatic carbocycles. The van der Waals surface area contributed by atoms with Crippen molar-refractivity contribution >= 4 is 34.8 Å². The number of nitrogens with zero attached hydrogens (tertiary/aromatic N) is 3. The molecule has 0 aliphatic rings. The van der Waals surface area contributed by atoms with Crippen LogP contribution in [-0.2, 0) is 6.54 Å². The van der Waals surface area contributed by atoms with Gasteiger partial charge in [-0.3, -0.25) is 0 Å². The van der Waals surface area contributed by atoms with Crippen LogP contribution in [0.2, 0.25) is 15.1 Å². The van der Waals surface area contributed by atoms with Crippen LogP contribution in [0.15, 0.2) is 54.9 Å². The first-order valence-electron chi connectivity index (χ1n) is 6.83.